The van der Waals surface area contributed by atoms with Crippen molar-refractivity contribution in [3.8, 4) is 10.6 Å². The maximum Gasteiger partial charge on any atom is 0.221 e. The van der Waals surface area contributed by atoms with E-state index in [1.165, 1.54) is 18.3 Å². The number of pyridine rings is 2. The lowest BCUT2D eigenvalue weighted by Gasteiger charge is -2.06. The normalized spacial score (nSPS) is 10.3. The minimum Gasteiger partial charge on any atom is -0.325 e. The highest BCUT2D eigenvalue weighted by atomic mass is 32.1. The number of hydrogen-bond acceptors (Lipinski definition) is 5. The van der Waals surface area contributed by atoms with E-state index in [1.807, 2.05) is 49.4 Å². The van der Waals surface area contributed by atoms with Gasteiger partial charge in [0.2, 0.25) is 5.91 Å². The van der Waals surface area contributed by atoms with Crippen molar-refractivity contribution in [3.05, 3.63) is 54.2 Å². The second-order valence-electron chi connectivity index (χ2n) is 5.10. The molecule has 0 saturated carbocycles. The zero-order valence-electron chi connectivity index (χ0n) is 12.8. The fourth-order valence-electron chi connectivity index (χ4n) is 2.09. The van der Waals surface area contributed by atoms with Gasteiger partial charge in [-0.2, -0.15) is 0 Å². The minimum absolute atomic E-state index is 0.0766. The van der Waals surface area contributed by atoms with E-state index in [0.29, 0.717) is 0 Å². The summed E-state index contributed by atoms with van der Waals surface area (Å²) in [7, 11) is 0. The van der Waals surface area contributed by atoms with E-state index in [-0.39, 0.29) is 5.91 Å². The van der Waals surface area contributed by atoms with Crippen molar-refractivity contribution >= 4 is 33.9 Å². The predicted molar refractivity (Wildman–Crippen MR) is 94.1 cm³/mol. The first-order valence-corrected chi connectivity index (χ1v) is 7.96. The van der Waals surface area contributed by atoms with Crippen LogP contribution in [0.4, 0.5) is 16.6 Å². The van der Waals surface area contributed by atoms with E-state index in [0.717, 1.165) is 32.8 Å². The van der Waals surface area contributed by atoms with Gasteiger partial charge in [0.25, 0.3) is 0 Å². The quantitative estimate of drug-likeness (QED) is 0.754. The summed E-state index contributed by atoms with van der Waals surface area (Å²) in [5, 5.41) is 6.80. The van der Waals surface area contributed by atoms with Crippen molar-refractivity contribution in [1.82, 2.24) is 9.97 Å². The van der Waals surface area contributed by atoms with Crippen molar-refractivity contribution < 1.29 is 4.79 Å². The molecule has 116 valence electrons. The second-order valence-corrected chi connectivity index (χ2v) is 6.18. The van der Waals surface area contributed by atoms with Gasteiger partial charge in [-0.3, -0.25) is 4.79 Å². The SMILES string of the molecule is CC(=O)Nc1ccc(-c2cccc(Nc3cc(C)ccn3)n2)s1. The van der Waals surface area contributed by atoms with E-state index in [2.05, 4.69) is 20.6 Å². The lowest BCUT2D eigenvalue weighted by Crippen LogP contribution is -2.03. The van der Waals surface area contributed by atoms with Gasteiger partial charge in [-0.05, 0) is 48.9 Å². The predicted octanol–water partition coefficient (Wildman–Crippen LogP) is 4.22. The van der Waals surface area contributed by atoms with Crippen LogP contribution >= 0.6 is 11.3 Å². The first-order valence-electron chi connectivity index (χ1n) is 7.15. The summed E-state index contributed by atoms with van der Waals surface area (Å²) in [6.45, 7) is 3.52. The molecular weight excluding hydrogens is 308 g/mol. The molecule has 0 spiro atoms. The molecule has 0 aliphatic carbocycles. The molecule has 6 heteroatoms. The van der Waals surface area contributed by atoms with Gasteiger partial charge >= 0.3 is 0 Å². The average Bonchev–Trinajstić information content (AvgIpc) is 2.95. The first-order chi connectivity index (χ1) is 11.1. The molecule has 3 aromatic rings. The van der Waals surface area contributed by atoms with Gasteiger partial charge in [0, 0.05) is 13.1 Å². The van der Waals surface area contributed by atoms with E-state index in [1.54, 1.807) is 6.20 Å². The number of carbonyl (C=O) groups excluding carboxylic acids is 1. The summed E-state index contributed by atoms with van der Waals surface area (Å²) >= 11 is 1.49. The number of nitrogens with zero attached hydrogens (tertiary/aromatic N) is 2. The number of hydrogen-bond donors (Lipinski definition) is 2. The van der Waals surface area contributed by atoms with Crippen LogP contribution in [0.1, 0.15) is 12.5 Å². The van der Waals surface area contributed by atoms with Crippen LogP contribution in [0, 0.1) is 6.92 Å². The van der Waals surface area contributed by atoms with Crippen LogP contribution in [0.25, 0.3) is 10.6 Å². The van der Waals surface area contributed by atoms with Crippen molar-refractivity contribution in [3.63, 3.8) is 0 Å². The number of rotatable bonds is 4. The molecule has 0 aromatic carbocycles. The molecule has 0 aliphatic heterocycles. The molecule has 3 aromatic heterocycles. The molecule has 0 saturated heterocycles. The Morgan fingerprint density at radius 2 is 2.00 bits per heavy atom. The fraction of sp³-hybridized carbons (Fsp3) is 0.118. The van der Waals surface area contributed by atoms with Crippen molar-refractivity contribution in [2.24, 2.45) is 0 Å². The highest BCUT2D eigenvalue weighted by Gasteiger charge is 2.06. The third-order valence-electron chi connectivity index (χ3n) is 3.08. The summed E-state index contributed by atoms with van der Waals surface area (Å²) < 4.78 is 0. The van der Waals surface area contributed by atoms with Crippen LogP contribution in [-0.4, -0.2) is 15.9 Å². The standard InChI is InChI=1S/C17H16N4OS/c1-11-8-9-18-16(10-11)21-15-5-3-4-13(20-15)14-6-7-17(23-14)19-12(2)22/h3-10H,1-2H3,(H,19,22)(H,18,20,21). The molecule has 0 radical (unpaired) electrons. The molecule has 0 fully saturated rings. The summed E-state index contributed by atoms with van der Waals surface area (Å²) in [5.41, 5.74) is 1.99. The third-order valence-corrected chi connectivity index (χ3v) is 4.10. The molecular formula is C17H16N4OS. The number of anilines is 3. The van der Waals surface area contributed by atoms with E-state index < -0.39 is 0 Å². The van der Waals surface area contributed by atoms with Crippen LogP contribution in [0.15, 0.2) is 48.7 Å². The number of amides is 1. The molecule has 1 amide bonds. The van der Waals surface area contributed by atoms with Crippen molar-refractivity contribution in [2.45, 2.75) is 13.8 Å². The first kappa shape index (κ1) is 15.2. The molecule has 0 unspecified atom stereocenters. The number of nitrogens with one attached hydrogen (secondary N) is 2. The number of aromatic nitrogens is 2. The highest BCUT2D eigenvalue weighted by Crippen LogP contribution is 2.31. The Morgan fingerprint density at radius 3 is 2.78 bits per heavy atom. The van der Waals surface area contributed by atoms with E-state index >= 15 is 0 Å². The largest absolute Gasteiger partial charge is 0.325 e. The Labute approximate surface area is 138 Å². The van der Waals surface area contributed by atoms with E-state index in [4.69, 9.17) is 0 Å². The topological polar surface area (TPSA) is 66.9 Å². The molecule has 23 heavy (non-hydrogen) atoms. The second kappa shape index (κ2) is 6.58. The van der Waals surface area contributed by atoms with Crippen molar-refractivity contribution in [2.75, 3.05) is 10.6 Å². The van der Waals surface area contributed by atoms with Gasteiger partial charge in [0.15, 0.2) is 0 Å². The summed E-state index contributed by atoms with van der Waals surface area (Å²) in [6.07, 6.45) is 1.76. The number of carbonyl (C=O) groups is 1. The van der Waals surface area contributed by atoms with Gasteiger partial charge in [0.1, 0.15) is 11.6 Å². The average molecular weight is 324 g/mol. The smallest absolute Gasteiger partial charge is 0.221 e. The van der Waals surface area contributed by atoms with Crippen LogP contribution in [0.5, 0.6) is 0 Å². The van der Waals surface area contributed by atoms with Crippen LogP contribution < -0.4 is 10.6 Å². The Morgan fingerprint density at radius 1 is 1.13 bits per heavy atom. The van der Waals surface area contributed by atoms with Gasteiger partial charge < -0.3 is 10.6 Å². The lowest BCUT2D eigenvalue weighted by molar-refractivity contribution is -0.114. The number of aryl methyl sites for hydroxylation is 1. The summed E-state index contributed by atoms with van der Waals surface area (Å²) in [6, 6.07) is 13.5. The van der Waals surface area contributed by atoms with Gasteiger partial charge in [-0.25, -0.2) is 9.97 Å². The Bertz CT molecular complexity index is 844. The minimum atomic E-state index is -0.0766. The molecule has 3 heterocycles. The Kier molecular flexibility index (Phi) is 4.34. The van der Waals surface area contributed by atoms with Gasteiger partial charge in [-0.1, -0.05) is 6.07 Å². The highest BCUT2D eigenvalue weighted by molar-refractivity contribution is 7.19. The Balaban J connectivity index is 1.82. The molecule has 5 nitrogen and oxygen atoms in total. The van der Waals surface area contributed by atoms with Gasteiger partial charge in [0.05, 0.1) is 15.6 Å². The molecule has 2 N–H and O–H groups in total. The maximum absolute atomic E-state index is 11.1. The van der Waals surface area contributed by atoms with Gasteiger partial charge in [-0.15, -0.1) is 11.3 Å². The number of thiophene rings is 1. The molecule has 0 bridgehead atoms. The van der Waals surface area contributed by atoms with Crippen LogP contribution in [0.3, 0.4) is 0 Å². The summed E-state index contributed by atoms with van der Waals surface area (Å²) in [4.78, 5) is 21.0. The molecule has 0 atom stereocenters. The molecule has 3 rings (SSSR count). The fourth-order valence-corrected chi connectivity index (χ4v) is 3.02. The van der Waals surface area contributed by atoms with Crippen LogP contribution in [0.2, 0.25) is 0 Å². The Hall–Kier alpha value is -2.73. The third kappa shape index (κ3) is 3.92. The monoisotopic (exact) mass is 324 g/mol. The summed E-state index contributed by atoms with van der Waals surface area (Å²) in [5.74, 6) is 1.42. The van der Waals surface area contributed by atoms with E-state index in [9.17, 15) is 4.79 Å². The van der Waals surface area contributed by atoms with Crippen LogP contribution in [-0.2, 0) is 4.79 Å². The zero-order valence-corrected chi connectivity index (χ0v) is 13.6. The lowest BCUT2D eigenvalue weighted by atomic mass is 10.3. The zero-order chi connectivity index (χ0) is 16.2. The van der Waals surface area contributed by atoms with Crippen molar-refractivity contribution in [1.29, 1.82) is 0 Å². The maximum atomic E-state index is 11.1. The molecule has 0 aliphatic rings.